The van der Waals surface area contributed by atoms with Crippen molar-refractivity contribution in [2.45, 2.75) is 53.0 Å². The molecule has 0 radical (unpaired) electrons. The number of benzene rings is 1. The lowest BCUT2D eigenvalue weighted by atomic mass is 10.2. The van der Waals surface area contributed by atoms with E-state index in [2.05, 4.69) is 29.7 Å². The molecule has 0 aliphatic heterocycles. The van der Waals surface area contributed by atoms with Gasteiger partial charge in [0.15, 0.2) is 11.4 Å². The van der Waals surface area contributed by atoms with E-state index >= 15 is 0 Å². The van der Waals surface area contributed by atoms with Gasteiger partial charge in [-0.3, -0.25) is 9.20 Å². The number of para-hydroxylation sites is 2. The van der Waals surface area contributed by atoms with Crippen molar-refractivity contribution in [3.63, 3.8) is 0 Å². The second kappa shape index (κ2) is 6.68. The maximum absolute atomic E-state index is 12.0. The standard InChI is InChI=1S/C21H24N4O2/c1-5-13(4)24-12-16(27-18(26)7-3)19-20(24)23-17(6-2)25-15-11-9-8-10-14(15)22-21(19)25/h8-13H,5-7H2,1-4H3/t13-/m0/s1. The molecule has 0 bridgehead atoms. The van der Waals surface area contributed by atoms with Crippen LogP contribution in [0.3, 0.4) is 0 Å². The maximum atomic E-state index is 12.0. The van der Waals surface area contributed by atoms with Crippen LogP contribution >= 0.6 is 0 Å². The van der Waals surface area contributed by atoms with E-state index in [0.29, 0.717) is 12.2 Å². The Morgan fingerprint density at radius 1 is 1.15 bits per heavy atom. The first kappa shape index (κ1) is 17.5. The van der Waals surface area contributed by atoms with E-state index in [-0.39, 0.29) is 12.0 Å². The molecule has 4 rings (SSSR count). The summed E-state index contributed by atoms with van der Waals surface area (Å²) in [6.45, 7) is 8.17. The third-order valence-electron chi connectivity index (χ3n) is 5.14. The molecule has 27 heavy (non-hydrogen) atoms. The summed E-state index contributed by atoms with van der Waals surface area (Å²) in [5, 5.41) is 0.797. The zero-order chi connectivity index (χ0) is 19.1. The fraction of sp³-hybridized carbons (Fsp3) is 0.381. The topological polar surface area (TPSA) is 61.4 Å². The normalized spacial score (nSPS) is 12.9. The van der Waals surface area contributed by atoms with Gasteiger partial charge in [0, 0.05) is 25.1 Å². The number of hydrogen-bond acceptors (Lipinski definition) is 4. The Kier molecular flexibility index (Phi) is 4.34. The highest BCUT2D eigenvalue weighted by Crippen LogP contribution is 2.35. The smallest absolute Gasteiger partial charge is 0.310 e. The van der Waals surface area contributed by atoms with Gasteiger partial charge >= 0.3 is 5.97 Å². The number of aromatic nitrogens is 4. The van der Waals surface area contributed by atoms with Crippen LogP contribution in [0.15, 0.2) is 30.5 Å². The number of ether oxygens (including phenoxy) is 1. The van der Waals surface area contributed by atoms with Gasteiger partial charge < -0.3 is 9.30 Å². The third-order valence-corrected chi connectivity index (χ3v) is 5.14. The molecule has 0 fully saturated rings. The van der Waals surface area contributed by atoms with Gasteiger partial charge in [-0.1, -0.05) is 32.9 Å². The number of carbonyl (C=O) groups is 1. The van der Waals surface area contributed by atoms with Crippen molar-refractivity contribution in [2.75, 3.05) is 0 Å². The van der Waals surface area contributed by atoms with Gasteiger partial charge in [-0.2, -0.15) is 0 Å². The Morgan fingerprint density at radius 3 is 2.63 bits per heavy atom. The SMILES string of the molecule is CCC(=O)Oc1cn([C@@H](C)CC)c2nc(CC)n3c4ccccc4nc3c12. The summed E-state index contributed by atoms with van der Waals surface area (Å²) >= 11 is 0. The Bertz CT molecular complexity index is 1160. The lowest BCUT2D eigenvalue weighted by Crippen LogP contribution is -2.06. The summed E-state index contributed by atoms with van der Waals surface area (Å²) in [6.07, 6.45) is 3.96. The predicted molar refractivity (Wildman–Crippen MR) is 106 cm³/mol. The molecule has 0 N–H and O–H groups in total. The molecule has 0 aliphatic rings. The van der Waals surface area contributed by atoms with Crippen molar-refractivity contribution in [2.24, 2.45) is 0 Å². The summed E-state index contributed by atoms with van der Waals surface area (Å²) in [6, 6.07) is 8.27. The Labute approximate surface area is 157 Å². The van der Waals surface area contributed by atoms with Crippen LogP contribution in [0.25, 0.3) is 27.7 Å². The minimum Gasteiger partial charge on any atom is -0.424 e. The molecule has 0 saturated heterocycles. The lowest BCUT2D eigenvalue weighted by molar-refractivity contribution is -0.133. The molecular weight excluding hydrogens is 340 g/mol. The van der Waals surface area contributed by atoms with Gasteiger partial charge in [0.1, 0.15) is 16.9 Å². The van der Waals surface area contributed by atoms with Crippen molar-refractivity contribution >= 4 is 33.7 Å². The summed E-state index contributed by atoms with van der Waals surface area (Å²) < 4.78 is 9.87. The monoisotopic (exact) mass is 364 g/mol. The van der Waals surface area contributed by atoms with Gasteiger partial charge in [0.2, 0.25) is 0 Å². The van der Waals surface area contributed by atoms with Gasteiger partial charge in [-0.05, 0) is 25.5 Å². The van der Waals surface area contributed by atoms with E-state index in [1.54, 1.807) is 6.92 Å². The largest absolute Gasteiger partial charge is 0.424 e. The van der Waals surface area contributed by atoms with Crippen LogP contribution in [-0.4, -0.2) is 24.9 Å². The number of carbonyl (C=O) groups excluding carboxylic acids is 1. The van der Waals surface area contributed by atoms with Crippen LogP contribution in [0.2, 0.25) is 0 Å². The zero-order valence-electron chi connectivity index (χ0n) is 16.2. The molecule has 3 heterocycles. The summed E-state index contributed by atoms with van der Waals surface area (Å²) in [7, 11) is 0. The number of esters is 1. The molecule has 6 nitrogen and oxygen atoms in total. The van der Waals surface area contributed by atoms with Crippen LogP contribution in [0.4, 0.5) is 0 Å². The lowest BCUT2D eigenvalue weighted by Gasteiger charge is -2.12. The molecule has 1 aromatic carbocycles. The first-order valence-corrected chi connectivity index (χ1v) is 9.60. The van der Waals surface area contributed by atoms with Crippen molar-refractivity contribution in [1.82, 2.24) is 18.9 Å². The summed E-state index contributed by atoms with van der Waals surface area (Å²) in [5.74, 6) is 1.22. The Balaban J connectivity index is 2.15. The molecule has 0 saturated carbocycles. The van der Waals surface area contributed by atoms with E-state index in [1.165, 1.54) is 0 Å². The van der Waals surface area contributed by atoms with Gasteiger partial charge in [0.25, 0.3) is 0 Å². The molecule has 4 aromatic rings. The van der Waals surface area contributed by atoms with Gasteiger partial charge in [-0.25, -0.2) is 9.97 Å². The zero-order valence-corrected chi connectivity index (χ0v) is 16.2. The molecule has 0 aliphatic carbocycles. The van der Waals surface area contributed by atoms with Crippen LogP contribution in [0.1, 0.15) is 52.4 Å². The average Bonchev–Trinajstić information content (AvgIpc) is 3.25. The summed E-state index contributed by atoms with van der Waals surface area (Å²) in [4.78, 5) is 21.8. The highest BCUT2D eigenvalue weighted by Gasteiger charge is 2.23. The molecular formula is C21H24N4O2. The second-order valence-corrected chi connectivity index (χ2v) is 6.83. The second-order valence-electron chi connectivity index (χ2n) is 6.83. The molecule has 140 valence electrons. The Morgan fingerprint density at radius 2 is 1.93 bits per heavy atom. The van der Waals surface area contributed by atoms with Crippen LogP contribution in [-0.2, 0) is 11.2 Å². The molecule has 3 aromatic heterocycles. The first-order chi connectivity index (χ1) is 13.1. The molecule has 0 spiro atoms. The minimum absolute atomic E-state index is 0.241. The number of imidazole rings is 1. The van der Waals surface area contributed by atoms with E-state index in [4.69, 9.17) is 14.7 Å². The van der Waals surface area contributed by atoms with Crippen LogP contribution < -0.4 is 4.74 Å². The van der Waals surface area contributed by atoms with E-state index in [1.807, 2.05) is 30.5 Å². The fourth-order valence-electron chi connectivity index (χ4n) is 3.48. The number of hydrogen-bond donors (Lipinski definition) is 0. The van der Waals surface area contributed by atoms with Crippen molar-refractivity contribution in [1.29, 1.82) is 0 Å². The van der Waals surface area contributed by atoms with Crippen LogP contribution in [0, 0.1) is 0 Å². The van der Waals surface area contributed by atoms with Gasteiger partial charge in [0.05, 0.1) is 11.0 Å². The van der Waals surface area contributed by atoms with Crippen molar-refractivity contribution in [3.05, 3.63) is 36.3 Å². The molecule has 0 unspecified atom stereocenters. The van der Waals surface area contributed by atoms with E-state index in [9.17, 15) is 4.79 Å². The Hall–Kier alpha value is -2.89. The number of nitrogens with zero attached hydrogens (tertiary/aromatic N) is 4. The van der Waals surface area contributed by atoms with E-state index in [0.717, 1.165) is 46.4 Å². The van der Waals surface area contributed by atoms with Gasteiger partial charge in [-0.15, -0.1) is 0 Å². The van der Waals surface area contributed by atoms with Crippen molar-refractivity contribution in [3.8, 4) is 5.75 Å². The maximum Gasteiger partial charge on any atom is 0.310 e. The number of rotatable bonds is 5. The van der Waals surface area contributed by atoms with Crippen LogP contribution in [0.5, 0.6) is 5.75 Å². The predicted octanol–water partition coefficient (Wildman–Crippen LogP) is 4.69. The quantitative estimate of drug-likeness (QED) is 0.482. The molecule has 1 atom stereocenters. The molecule has 0 amide bonds. The highest BCUT2D eigenvalue weighted by atomic mass is 16.5. The summed E-state index contributed by atoms with van der Waals surface area (Å²) in [5.41, 5.74) is 3.54. The minimum atomic E-state index is -0.257. The average molecular weight is 364 g/mol. The number of fused-ring (bicyclic) bond motifs is 5. The van der Waals surface area contributed by atoms with Crippen molar-refractivity contribution < 1.29 is 9.53 Å². The number of aryl methyl sites for hydroxylation is 1. The first-order valence-electron chi connectivity index (χ1n) is 9.60. The highest BCUT2D eigenvalue weighted by molar-refractivity contribution is 6.01. The molecule has 6 heteroatoms. The third kappa shape index (κ3) is 2.67. The fourth-order valence-corrected chi connectivity index (χ4v) is 3.48. The van der Waals surface area contributed by atoms with E-state index < -0.39 is 0 Å².